The van der Waals surface area contributed by atoms with Gasteiger partial charge in [0.15, 0.2) is 16.9 Å². The minimum Gasteiger partial charge on any atom is -0.490 e. The third-order valence-electron chi connectivity index (χ3n) is 6.77. The summed E-state index contributed by atoms with van der Waals surface area (Å²) in [5.41, 5.74) is 2.38. The van der Waals surface area contributed by atoms with E-state index in [2.05, 4.69) is 4.90 Å². The third-order valence-corrected chi connectivity index (χ3v) is 6.77. The summed E-state index contributed by atoms with van der Waals surface area (Å²) in [5.74, 6) is 1.07. The van der Waals surface area contributed by atoms with Gasteiger partial charge in [0.05, 0.1) is 43.4 Å². The van der Waals surface area contributed by atoms with Crippen molar-refractivity contribution in [2.75, 3.05) is 52.6 Å². The minimum atomic E-state index is -0.579. The van der Waals surface area contributed by atoms with Crippen LogP contribution in [0.3, 0.4) is 0 Å². The summed E-state index contributed by atoms with van der Waals surface area (Å²) in [5, 5.41) is 0.484. The lowest BCUT2D eigenvalue weighted by Gasteiger charge is -2.31. The van der Waals surface area contributed by atoms with Crippen LogP contribution >= 0.6 is 0 Å². The highest BCUT2D eigenvalue weighted by Gasteiger charge is 2.43. The van der Waals surface area contributed by atoms with Gasteiger partial charge in [-0.05, 0) is 50.6 Å². The van der Waals surface area contributed by atoms with Crippen LogP contribution in [-0.4, -0.2) is 68.3 Å². The Kier molecular flexibility index (Phi) is 6.98. The number of amides is 1. The zero-order valence-corrected chi connectivity index (χ0v) is 21.0. The van der Waals surface area contributed by atoms with Crippen molar-refractivity contribution in [2.45, 2.75) is 26.8 Å². The molecule has 3 heterocycles. The average Bonchev–Trinajstić information content (AvgIpc) is 3.17. The molecule has 1 saturated heterocycles. The van der Waals surface area contributed by atoms with E-state index in [1.165, 1.54) is 0 Å². The van der Waals surface area contributed by atoms with Gasteiger partial charge in [-0.1, -0.05) is 17.7 Å². The lowest BCUT2D eigenvalue weighted by atomic mass is 9.97. The molecule has 5 rings (SSSR count). The summed E-state index contributed by atoms with van der Waals surface area (Å²) in [7, 11) is 0. The Morgan fingerprint density at radius 2 is 1.69 bits per heavy atom. The van der Waals surface area contributed by atoms with Gasteiger partial charge in [-0.25, -0.2) is 0 Å². The maximum absolute atomic E-state index is 13.8. The zero-order valence-electron chi connectivity index (χ0n) is 21.0. The van der Waals surface area contributed by atoms with Gasteiger partial charge < -0.3 is 23.5 Å². The van der Waals surface area contributed by atoms with Crippen LogP contribution in [0.25, 0.3) is 11.0 Å². The van der Waals surface area contributed by atoms with Crippen molar-refractivity contribution in [1.82, 2.24) is 9.80 Å². The first-order chi connectivity index (χ1) is 17.5. The van der Waals surface area contributed by atoms with Crippen LogP contribution < -0.4 is 14.9 Å². The largest absolute Gasteiger partial charge is 0.490 e. The normalized spacial score (nSPS) is 18.0. The first-order valence-corrected chi connectivity index (χ1v) is 12.6. The number of hydrogen-bond acceptors (Lipinski definition) is 7. The quantitative estimate of drug-likeness (QED) is 0.473. The van der Waals surface area contributed by atoms with Crippen molar-refractivity contribution in [3.05, 3.63) is 69.1 Å². The first-order valence-electron chi connectivity index (χ1n) is 12.6. The second-order valence-corrected chi connectivity index (χ2v) is 9.10. The van der Waals surface area contributed by atoms with Crippen molar-refractivity contribution < 1.29 is 23.4 Å². The predicted molar refractivity (Wildman–Crippen MR) is 136 cm³/mol. The predicted octanol–water partition coefficient (Wildman–Crippen LogP) is 3.78. The van der Waals surface area contributed by atoms with Gasteiger partial charge in [0, 0.05) is 26.2 Å². The summed E-state index contributed by atoms with van der Waals surface area (Å²) in [6.07, 6.45) is 0. The number of fused-ring (bicyclic) bond motifs is 2. The maximum Gasteiger partial charge on any atom is 0.290 e. The Morgan fingerprint density at radius 3 is 2.44 bits per heavy atom. The fourth-order valence-corrected chi connectivity index (χ4v) is 5.02. The number of morpholine rings is 1. The Morgan fingerprint density at radius 1 is 0.944 bits per heavy atom. The molecular formula is C28H32N2O6. The molecule has 1 fully saturated rings. The van der Waals surface area contributed by atoms with Crippen LogP contribution in [-0.2, 0) is 4.74 Å². The lowest BCUT2D eigenvalue weighted by Crippen LogP contribution is -2.42. The van der Waals surface area contributed by atoms with E-state index in [-0.39, 0.29) is 17.1 Å². The van der Waals surface area contributed by atoms with Crippen LogP contribution in [0.1, 0.15) is 47.1 Å². The van der Waals surface area contributed by atoms with Gasteiger partial charge in [0.25, 0.3) is 5.91 Å². The number of nitrogens with zero attached hydrogens (tertiary/aromatic N) is 2. The number of carbonyl (C=O) groups excluding carboxylic acids is 1. The van der Waals surface area contributed by atoms with E-state index in [0.29, 0.717) is 67.5 Å². The highest BCUT2D eigenvalue weighted by molar-refractivity contribution is 5.99. The summed E-state index contributed by atoms with van der Waals surface area (Å²) >= 11 is 0. The van der Waals surface area contributed by atoms with E-state index in [4.69, 9.17) is 18.6 Å². The van der Waals surface area contributed by atoms with Crippen molar-refractivity contribution in [1.29, 1.82) is 0 Å². The van der Waals surface area contributed by atoms with Crippen LogP contribution in [0.2, 0.25) is 0 Å². The summed E-state index contributed by atoms with van der Waals surface area (Å²) in [6.45, 7) is 10.9. The summed E-state index contributed by atoms with van der Waals surface area (Å²) < 4.78 is 23.2. The molecule has 1 unspecified atom stereocenters. The topological polar surface area (TPSA) is 81.5 Å². The highest BCUT2D eigenvalue weighted by atomic mass is 16.5. The molecule has 0 aliphatic carbocycles. The molecule has 1 atom stereocenters. The van der Waals surface area contributed by atoms with E-state index in [9.17, 15) is 9.59 Å². The molecule has 36 heavy (non-hydrogen) atoms. The van der Waals surface area contributed by atoms with E-state index in [0.717, 1.165) is 24.2 Å². The maximum atomic E-state index is 13.8. The molecule has 0 bridgehead atoms. The molecule has 1 aromatic heterocycles. The van der Waals surface area contributed by atoms with E-state index in [1.54, 1.807) is 11.0 Å². The Labute approximate surface area is 210 Å². The molecule has 1 amide bonds. The van der Waals surface area contributed by atoms with Gasteiger partial charge in [-0.15, -0.1) is 0 Å². The Hall–Kier alpha value is -3.36. The van der Waals surface area contributed by atoms with Crippen LogP contribution in [0.4, 0.5) is 0 Å². The molecule has 190 valence electrons. The molecule has 0 N–H and O–H groups in total. The smallest absolute Gasteiger partial charge is 0.290 e. The minimum absolute atomic E-state index is 0.121. The van der Waals surface area contributed by atoms with Gasteiger partial charge in [0.2, 0.25) is 5.76 Å². The number of carbonyl (C=O) groups is 1. The SMILES string of the molecule is CCOc1ccc(C2c3c(oc4ccc(C)cc4c3=O)C(=O)N2CCN2CCOCC2)cc1OCC. The molecule has 0 radical (unpaired) electrons. The second-order valence-electron chi connectivity index (χ2n) is 9.10. The Bertz CT molecular complexity index is 1330. The molecule has 0 saturated carbocycles. The number of benzene rings is 2. The van der Waals surface area contributed by atoms with Crippen molar-refractivity contribution in [3.63, 3.8) is 0 Å². The number of rotatable bonds is 8. The van der Waals surface area contributed by atoms with Gasteiger partial charge >= 0.3 is 0 Å². The Balaban J connectivity index is 1.62. The summed E-state index contributed by atoms with van der Waals surface area (Å²) in [6, 6.07) is 10.5. The molecule has 2 aliphatic rings. The monoisotopic (exact) mass is 492 g/mol. The molecule has 8 nitrogen and oxygen atoms in total. The van der Waals surface area contributed by atoms with Crippen LogP contribution in [0.15, 0.2) is 45.6 Å². The lowest BCUT2D eigenvalue weighted by molar-refractivity contribution is 0.0314. The van der Waals surface area contributed by atoms with Gasteiger partial charge in [-0.2, -0.15) is 0 Å². The van der Waals surface area contributed by atoms with E-state index < -0.39 is 6.04 Å². The van der Waals surface area contributed by atoms with Crippen molar-refractivity contribution in [2.24, 2.45) is 0 Å². The van der Waals surface area contributed by atoms with E-state index in [1.807, 2.05) is 51.1 Å². The fraction of sp³-hybridized carbons (Fsp3) is 0.429. The average molecular weight is 493 g/mol. The van der Waals surface area contributed by atoms with Crippen LogP contribution in [0, 0.1) is 6.92 Å². The molecule has 3 aromatic rings. The molecule has 8 heteroatoms. The third kappa shape index (κ3) is 4.47. The number of hydrogen-bond donors (Lipinski definition) is 0. The summed E-state index contributed by atoms with van der Waals surface area (Å²) in [4.78, 5) is 31.5. The standard InChI is InChI=1S/C28H32N2O6/c1-4-34-22-9-7-19(17-23(22)35-5-2)25-24-26(31)20-16-18(3)6-8-21(20)36-27(24)28(32)30(25)11-10-29-12-14-33-15-13-29/h6-9,16-17,25H,4-5,10-15H2,1-3H3. The molecule has 2 aliphatic heterocycles. The second kappa shape index (κ2) is 10.3. The van der Waals surface area contributed by atoms with Crippen molar-refractivity contribution >= 4 is 16.9 Å². The van der Waals surface area contributed by atoms with Gasteiger partial charge in [0.1, 0.15) is 5.58 Å². The first kappa shape index (κ1) is 24.3. The molecular weight excluding hydrogens is 460 g/mol. The fourth-order valence-electron chi connectivity index (χ4n) is 5.02. The number of aryl methyl sites for hydroxylation is 1. The number of ether oxygens (including phenoxy) is 3. The zero-order chi connectivity index (χ0) is 25.2. The van der Waals surface area contributed by atoms with Crippen LogP contribution in [0.5, 0.6) is 11.5 Å². The van der Waals surface area contributed by atoms with E-state index >= 15 is 0 Å². The molecule has 2 aromatic carbocycles. The van der Waals surface area contributed by atoms with Crippen molar-refractivity contribution in [3.8, 4) is 11.5 Å². The van der Waals surface area contributed by atoms with Gasteiger partial charge in [-0.3, -0.25) is 14.5 Å². The molecule has 0 spiro atoms. The highest BCUT2D eigenvalue weighted by Crippen LogP contribution is 2.41.